The molecule has 2 aromatic rings. The molecule has 0 atom stereocenters. The maximum atomic E-state index is 5.95. The van der Waals surface area contributed by atoms with E-state index in [-0.39, 0.29) is 0 Å². The maximum Gasteiger partial charge on any atom is 0.0410 e. The van der Waals surface area contributed by atoms with Gasteiger partial charge in [-0.25, -0.2) is 0 Å². The Morgan fingerprint density at radius 3 is 2.88 bits per heavy atom. The van der Waals surface area contributed by atoms with Gasteiger partial charge in [0.25, 0.3) is 0 Å². The van der Waals surface area contributed by atoms with Crippen LogP contribution in [0, 0.1) is 0 Å². The van der Waals surface area contributed by atoms with Crippen molar-refractivity contribution in [2.45, 2.75) is 13.1 Å². The first kappa shape index (κ1) is 12.1. The van der Waals surface area contributed by atoms with Crippen LogP contribution in [0.1, 0.15) is 11.1 Å². The molecule has 1 nitrogen and oxygen atoms in total. The second-order valence-corrected chi connectivity index (χ2v) is 5.54. The van der Waals surface area contributed by atoms with Crippen molar-refractivity contribution in [2.75, 3.05) is 0 Å². The summed E-state index contributed by atoms with van der Waals surface area (Å²) < 4.78 is 1.09. The van der Waals surface area contributed by atoms with Gasteiger partial charge in [-0.2, -0.15) is 11.3 Å². The minimum absolute atomic E-state index is 0.774. The zero-order valence-corrected chi connectivity index (χ0v) is 11.7. The fourth-order valence-electron chi connectivity index (χ4n) is 1.41. The lowest BCUT2D eigenvalue weighted by Gasteiger charge is -2.06. The van der Waals surface area contributed by atoms with Crippen molar-refractivity contribution in [3.8, 4) is 0 Å². The van der Waals surface area contributed by atoms with E-state index in [1.165, 1.54) is 11.1 Å². The molecule has 0 aliphatic heterocycles. The van der Waals surface area contributed by atoms with Crippen molar-refractivity contribution in [3.05, 3.63) is 55.6 Å². The lowest BCUT2D eigenvalue weighted by Crippen LogP contribution is -2.12. The minimum Gasteiger partial charge on any atom is -0.309 e. The van der Waals surface area contributed by atoms with E-state index in [0.29, 0.717) is 0 Å². The third kappa shape index (κ3) is 3.32. The van der Waals surface area contributed by atoms with Crippen LogP contribution in [0.25, 0.3) is 0 Å². The Kier molecular flexibility index (Phi) is 4.41. The molecule has 84 valence electrons. The van der Waals surface area contributed by atoms with Crippen LogP contribution in [-0.4, -0.2) is 0 Å². The van der Waals surface area contributed by atoms with Crippen LogP contribution >= 0.6 is 38.9 Å². The normalized spacial score (nSPS) is 10.6. The van der Waals surface area contributed by atoms with Crippen LogP contribution in [0.15, 0.2) is 39.5 Å². The Bertz CT molecular complexity index is 456. The van der Waals surface area contributed by atoms with E-state index in [9.17, 15) is 0 Å². The van der Waals surface area contributed by atoms with Crippen LogP contribution in [0.5, 0.6) is 0 Å². The Hall–Kier alpha value is -0.350. The van der Waals surface area contributed by atoms with Gasteiger partial charge in [0, 0.05) is 22.6 Å². The highest BCUT2D eigenvalue weighted by atomic mass is 79.9. The predicted molar refractivity (Wildman–Crippen MR) is 74.0 cm³/mol. The van der Waals surface area contributed by atoms with Gasteiger partial charge in [0.05, 0.1) is 0 Å². The molecule has 0 amide bonds. The molecule has 0 fully saturated rings. The van der Waals surface area contributed by atoms with Crippen LogP contribution in [-0.2, 0) is 13.1 Å². The smallest absolute Gasteiger partial charge is 0.0410 e. The van der Waals surface area contributed by atoms with Gasteiger partial charge in [-0.3, -0.25) is 0 Å². The summed E-state index contributed by atoms with van der Waals surface area (Å²) in [5, 5.41) is 8.41. The highest BCUT2D eigenvalue weighted by molar-refractivity contribution is 9.10. The molecule has 1 aromatic carbocycles. The standard InChI is InChI=1S/C12H11BrClNS/c13-12-2-1-11(14)5-10(12)7-15-6-9-3-4-16-8-9/h1-5,8,15H,6-7H2. The van der Waals surface area contributed by atoms with Crippen molar-refractivity contribution < 1.29 is 0 Å². The van der Waals surface area contributed by atoms with E-state index in [4.69, 9.17) is 11.6 Å². The van der Waals surface area contributed by atoms with E-state index in [1.807, 2.05) is 18.2 Å². The summed E-state index contributed by atoms with van der Waals surface area (Å²) in [7, 11) is 0. The van der Waals surface area contributed by atoms with E-state index in [0.717, 1.165) is 22.6 Å². The largest absolute Gasteiger partial charge is 0.309 e. The Morgan fingerprint density at radius 1 is 1.25 bits per heavy atom. The number of rotatable bonds is 4. The highest BCUT2D eigenvalue weighted by Gasteiger charge is 2.00. The van der Waals surface area contributed by atoms with Crippen molar-refractivity contribution in [3.63, 3.8) is 0 Å². The van der Waals surface area contributed by atoms with E-state index < -0.39 is 0 Å². The Morgan fingerprint density at radius 2 is 2.12 bits per heavy atom. The SMILES string of the molecule is Clc1ccc(Br)c(CNCc2ccsc2)c1. The molecule has 1 aromatic heterocycles. The van der Waals surface area contributed by atoms with Gasteiger partial charge in [0.15, 0.2) is 0 Å². The maximum absolute atomic E-state index is 5.95. The lowest BCUT2D eigenvalue weighted by molar-refractivity contribution is 0.693. The van der Waals surface area contributed by atoms with Gasteiger partial charge >= 0.3 is 0 Å². The molecule has 0 saturated heterocycles. The lowest BCUT2D eigenvalue weighted by atomic mass is 10.2. The van der Waals surface area contributed by atoms with Crippen molar-refractivity contribution in [1.29, 1.82) is 0 Å². The zero-order valence-electron chi connectivity index (χ0n) is 8.54. The van der Waals surface area contributed by atoms with Crippen LogP contribution in [0.3, 0.4) is 0 Å². The summed E-state index contributed by atoms with van der Waals surface area (Å²) in [5.74, 6) is 0. The van der Waals surface area contributed by atoms with Crippen molar-refractivity contribution >= 4 is 38.9 Å². The molecule has 2 rings (SSSR count). The van der Waals surface area contributed by atoms with Gasteiger partial charge in [-0.05, 0) is 46.2 Å². The highest BCUT2D eigenvalue weighted by Crippen LogP contribution is 2.21. The second kappa shape index (κ2) is 5.82. The number of halogens is 2. The third-order valence-electron chi connectivity index (χ3n) is 2.23. The molecule has 1 heterocycles. The molecular weight excluding hydrogens is 306 g/mol. The molecule has 0 radical (unpaired) electrons. The van der Waals surface area contributed by atoms with Crippen molar-refractivity contribution in [2.24, 2.45) is 0 Å². The monoisotopic (exact) mass is 315 g/mol. The van der Waals surface area contributed by atoms with Crippen LogP contribution < -0.4 is 5.32 Å². The molecule has 1 N–H and O–H groups in total. The Balaban J connectivity index is 1.92. The summed E-state index contributed by atoms with van der Waals surface area (Å²) in [4.78, 5) is 0. The van der Waals surface area contributed by atoms with Gasteiger partial charge in [0.2, 0.25) is 0 Å². The topological polar surface area (TPSA) is 12.0 Å². The number of hydrogen-bond donors (Lipinski definition) is 1. The van der Waals surface area contributed by atoms with E-state index in [1.54, 1.807) is 11.3 Å². The summed E-state index contributed by atoms with van der Waals surface area (Å²) in [5.41, 5.74) is 2.51. The van der Waals surface area contributed by atoms with Gasteiger partial charge in [-0.15, -0.1) is 0 Å². The average Bonchev–Trinajstić information content (AvgIpc) is 2.76. The summed E-state index contributed by atoms with van der Waals surface area (Å²) in [6.45, 7) is 1.71. The molecule has 0 aliphatic rings. The van der Waals surface area contributed by atoms with E-state index in [2.05, 4.69) is 38.1 Å². The minimum atomic E-state index is 0.774. The molecule has 0 bridgehead atoms. The molecule has 0 unspecified atom stereocenters. The Labute approximate surface area is 113 Å². The first-order valence-electron chi connectivity index (χ1n) is 4.91. The average molecular weight is 317 g/mol. The molecule has 0 aliphatic carbocycles. The number of nitrogens with one attached hydrogen (secondary N) is 1. The van der Waals surface area contributed by atoms with Crippen LogP contribution in [0.4, 0.5) is 0 Å². The van der Waals surface area contributed by atoms with Crippen LogP contribution in [0.2, 0.25) is 5.02 Å². The van der Waals surface area contributed by atoms with Crippen molar-refractivity contribution in [1.82, 2.24) is 5.32 Å². The fraction of sp³-hybridized carbons (Fsp3) is 0.167. The first-order valence-corrected chi connectivity index (χ1v) is 7.03. The number of thiophene rings is 1. The summed E-state index contributed by atoms with van der Waals surface area (Å²) >= 11 is 11.2. The molecule has 16 heavy (non-hydrogen) atoms. The summed E-state index contributed by atoms with van der Waals surface area (Å²) in [6, 6.07) is 7.97. The van der Waals surface area contributed by atoms with Gasteiger partial charge in [0.1, 0.15) is 0 Å². The first-order chi connectivity index (χ1) is 7.75. The summed E-state index contributed by atoms with van der Waals surface area (Å²) in [6.07, 6.45) is 0. The third-order valence-corrected chi connectivity index (χ3v) is 3.97. The molecular formula is C12H11BrClNS. The second-order valence-electron chi connectivity index (χ2n) is 3.47. The fourth-order valence-corrected chi connectivity index (χ4v) is 2.66. The van der Waals surface area contributed by atoms with Gasteiger partial charge < -0.3 is 5.32 Å². The molecule has 0 saturated carbocycles. The van der Waals surface area contributed by atoms with E-state index >= 15 is 0 Å². The zero-order chi connectivity index (χ0) is 11.4. The number of hydrogen-bond acceptors (Lipinski definition) is 2. The predicted octanol–water partition coefficient (Wildman–Crippen LogP) is 4.45. The molecule has 0 spiro atoms. The molecule has 4 heteroatoms. The number of benzene rings is 1. The van der Waals surface area contributed by atoms with Gasteiger partial charge in [-0.1, -0.05) is 27.5 Å². The quantitative estimate of drug-likeness (QED) is 0.878.